The van der Waals surface area contributed by atoms with Gasteiger partial charge < -0.3 is 10.0 Å². The predicted octanol–water partition coefficient (Wildman–Crippen LogP) is 2.30. The van der Waals surface area contributed by atoms with Crippen LogP contribution in [0.2, 0.25) is 0 Å². The molecule has 0 spiro atoms. The van der Waals surface area contributed by atoms with Crippen LogP contribution in [0.3, 0.4) is 0 Å². The van der Waals surface area contributed by atoms with E-state index in [0.717, 1.165) is 24.2 Å². The molecule has 1 N–H and O–H groups in total. The highest BCUT2D eigenvalue weighted by atomic mass is 16.3. The smallest absolute Gasteiger partial charge is 0.101 e. The Labute approximate surface area is 102 Å². The lowest BCUT2D eigenvalue weighted by molar-refractivity contribution is 0.283. The number of aliphatic hydroxyl groups is 1. The molecule has 0 atom stereocenters. The van der Waals surface area contributed by atoms with Gasteiger partial charge in [-0.2, -0.15) is 5.26 Å². The summed E-state index contributed by atoms with van der Waals surface area (Å²) in [6.07, 6.45) is 4.43. The average Bonchev–Trinajstić information content (AvgIpc) is 2.32. The van der Waals surface area contributed by atoms with Gasteiger partial charge in [-0.15, -0.1) is 0 Å². The molecular formula is C14H18N2O. The Balaban J connectivity index is 2.21. The fourth-order valence-electron chi connectivity index (χ4n) is 2.26. The molecule has 0 aliphatic heterocycles. The molecule has 1 saturated carbocycles. The van der Waals surface area contributed by atoms with Gasteiger partial charge in [0.15, 0.2) is 0 Å². The third kappa shape index (κ3) is 2.59. The highest BCUT2D eigenvalue weighted by Gasteiger charge is 2.26. The molecule has 1 aliphatic carbocycles. The van der Waals surface area contributed by atoms with E-state index in [4.69, 9.17) is 10.4 Å². The van der Waals surface area contributed by atoms with Crippen molar-refractivity contribution in [3.8, 4) is 6.07 Å². The zero-order chi connectivity index (χ0) is 12.1. The van der Waals surface area contributed by atoms with Gasteiger partial charge in [-0.05, 0) is 37.8 Å². The first-order valence-electron chi connectivity index (χ1n) is 6.23. The quantitative estimate of drug-likeness (QED) is 0.844. The normalized spacial score (nSPS) is 15.1. The first-order chi connectivity index (χ1) is 8.36. The van der Waals surface area contributed by atoms with Gasteiger partial charge in [0, 0.05) is 19.2 Å². The van der Waals surface area contributed by atoms with E-state index in [-0.39, 0.29) is 6.61 Å². The predicted molar refractivity (Wildman–Crippen MR) is 67.8 cm³/mol. The Kier molecular flexibility index (Phi) is 4.00. The van der Waals surface area contributed by atoms with Gasteiger partial charge in [0.25, 0.3) is 0 Å². The Morgan fingerprint density at radius 3 is 2.71 bits per heavy atom. The van der Waals surface area contributed by atoms with Gasteiger partial charge in [0.05, 0.1) is 11.3 Å². The molecule has 90 valence electrons. The van der Waals surface area contributed by atoms with Crippen LogP contribution in [0.15, 0.2) is 24.3 Å². The molecular weight excluding hydrogens is 212 g/mol. The molecule has 1 fully saturated rings. The van der Waals surface area contributed by atoms with Crippen molar-refractivity contribution < 1.29 is 5.11 Å². The van der Waals surface area contributed by atoms with Crippen LogP contribution in [0.25, 0.3) is 0 Å². The number of benzene rings is 1. The van der Waals surface area contributed by atoms with Crippen molar-refractivity contribution in [2.75, 3.05) is 18.1 Å². The van der Waals surface area contributed by atoms with Gasteiger partial charge >= 0.3 is 0 Å². The standard InChI is InChI=1S/C14H18N2O/c15-11-12-5-1-2-8-14(12)16(9-4-10-17)13-6-3-7-13/h1-2,5,8,13,17H,3-4,6-7,9-10H2. The van der Waals surface area contributed by atoms with E-state index in [2.05, 4.69) is 11.0 Å². The minimum atomic E-state index is 0.206. The van der Waals surface area contributed by atoms with Crippen LogP contribution in [0.5, 0.6) is 0 Å². The van der Waals surface area contributed by atoms with Gasteiger partial charge in [-0.1, -0.05) is 12.1 Å². The summed E-state index contributed by atoms with van der Waals surface area (Å²) in [5.41, 5.74) is 1.76. The number of aliphatic hydroxyl groups excluding tert-OH is 1. The first kappa shape index (κ1) is 11.9. The van der Waals surface area contributed by atoms with Crippen molar-refractivity contribution in [3.63, 3.8) is 0 Å². The zero-order valence-corrected chi connectivity index (χ0v) is 9.97. The Hall–Kier alpha value is -1.53. The molecule has 3 heteroatoms. The molecule has 0 bridgehead atoms. The summed E-state index contributed by atoms with van der Waals surface area (Å²) in [7, 11) is 0. The van der Waals surface area contributed by atoms with Gasteiger partial charge in [-0.3, -0.25) is 0 Å². The second kappa shape index (κ2) is 5.70. The van der Waals surface area contributed by atoms with Gasteiger partial charge in [-0.25, -0.2) is 0 Å². The molecule has 0 unspecified atom stereocenters. The lowest BCUT2D eigenvalue weighted by Gasteiger charge is -2.39. The number of nitriles is 1. The number of hydrogen-bond donors (Lipinski definition) is 1. The maximum atomic E-state index is 9.14. The second-order valence-corrected chi connectivity index (χ2v) is 4.48. The molecule has 1 aromatic carbocycles. The van der Waals surface area contributed by atoms with Crippen molar-refractivity contribution in [1.82, 2.24) is 0 Å². The molecule has 0 amide bonds. The van der Waals surface area contributed by atoms with Crippen molar-refractivity contribution >= 4 is 5.69 Å². The van der Waals surface area contributed by atoms with Crippen LogP contribution in [0.1, 0.15) is 31.2 Å². The second-order valence-electron chi connectivity index (χ2n) is 4.48. The van der Waals surface area contributed by atoms with E-state index in [0.29, 0.717) is 6.04 Å². The molecule has 2 rings (SSSR count). The fourth-order valence-corrected chi connectivity index (χ4v) is 2.26. The maximum absolute atomic E-state index is 9.14. The van der Waals surface area contributed by atoms with Crippen LogP contribution in [-0.2, 0) is 0 Å². The molecule has 0 saturated heterocycles. The number of hydrogen-bond acceptors (Lipinski definition) is 3. The SMILES string of the molecule is N#Cc1ccccc1N(CCCO)C1CCC1. The number of rotatable bonds is 5. The molecule has 0 aromatic heterocycles. The van der Waals surface area contributed by atoms with E-state index in [1.807, 2.05) is 24.3 Å². The lowest BCUT2D eigenvalue weighted by atomic mass is 9.90. The summed E-state index contributed by atoms with van der Waals surface area (Å²) in [5.74, 6) is 0. The number of anilines is 1. The van der Waals surface area contributed by atoms with Crippen molar-refractivity contribution in [2.45, 2.75) is 31.7 Å². The minimum absolute atomic E-state index is 0.206. The van der Waals surface area contributed by atoms with E-state index >= 15 is 0 Å². The third-order valence-electron chi connectivity index (χ3n) is 3.41. The molecule has 1 aromatic rings. The molecule has 0 radical (unpaired) electrons. The summed E-state index contributed by atoms with van der Waals surface area (Å²) >= 11 is 0. The van der Waals surface area contributed by atoms with Crippen molar-refractivity contribution in [2.24, 2.45) is 0 Å². The Morgan fingerprint density at radius 2 is 2.12 bits per heavy atom. The van der Waals surface area contributed by atoms with Crippen LogP contribution < -0.4 is 4.90 Å². The minimum Gasteiger partial charge on any atom is -0.396 e. The largest absolute Gasteiger partial charge is 0.396 e. The van der Waals surface area contributed by atoms with Crippen molar-refractivity contribution in [1.29, 1.82) is 5.26 Å². The maximum Gasteiger partial charge on any atom is 0.101 e. The molecule has 3 nitrogen and oxygen atoms in total. The highest BCUT2D eigenvalue weighted by molar-refractivity contribution is 5.60. The van der Waals surface area contributed by atoms with Gasteiger partial charge in [0.1, 0.15) is 6.07 Å². The first-order valence-corrected chi connectivity index (χ1v) is 6.23. The molecule has 17 heavy (non-hydrogen) atoms. The highest BCUT2D eigenvalue weighted by Crippen LogP contribution is 2.31. The number of para-hydroxylation sites is 1. The van der Waals surface area contributed by atoms with E-state index in [1.165, 1.54) is 19.3 Å². The Bertz CT molecular complexity index is 407. The molecule has 1 aliphatic rings. The van der Waals surface area contributed by atoms with Crippen molar-refractivity contribution in [3.05, 3.63) is 29.8 Å². The monoisotopic (exact) mass is 230 g/mol. The van der Waals surface area contributed by atoms with E-state index in [9.17, 15) is 0 Å². The summed E-state index contributed by atoms with van der Waals surface area (Å²) in [5, 5.41) is 18.1. The zero-order valence-electron chi connectivity index (χ0n) is 9.97. The third-order valence-corrected chi connectivity index (χ3v) is 3.41. The fraction of sp³-hybridized carbons (Fsp3) is 0.500. The van der Waals surface area contributed by atoms with Crippen LogP contribution in [-0.4, -0.2) is 24.3 Å². The van der Waals surface area contributed by atoms with E-state index in [1.54, 1.807) is 0 Å². The number of nitrogens with zero attached hydrogens (tertiary/aromatic N) is 2. The van der Waals surface area contributed by atoms with Crippen LogP contribution in [0.4, 0.5) is 5.69 Å². The Morgan fingerprint density at radius 1 is 1.35 bits per heavy atom. The van der Waals surface area contributed by atoms with Crippen LogP contribution >= 0.6 is 0 Å². The van der Waals surface area contributed by atoms with Gasteiger partial charge in [0.2, 0.25) is 0 Å². The average molecular weight is 230 g/mol. The summed E-state index contributed by atoms with van der Waals surface area (Å²) in [6, 6.07) is 10.5. The summed E-state index contributed by atoms with van der Waals surface area (Å²) < 4.78 is 0. The summed E-state index contributed by atoms with van der Waals surface area (Å²) in [4.78, 5) is 2.29. The van der Waals surface area contributed by atoms with Crippen LogP contribution in [0, 0.1) is 11.3 Å². The topological polar surface area (TPSA) is 47.3 Å². The summed E-state index contributed by atoms with van der Waals surface area (Å²) in [6.45, 7) is 1.04. The van der Waals surface area contributed by atoms with E-state index < -0.39 is 0 Å². The molecule has 0 heterocycles. The lowest BCUT2D eigenvalue weighted by Crippen LogP contribution is -2.41.